The number of benzene rings is 2. The molecule has 10 heteroatoms. The first-order chi connectivity index (χ1) is 17.9. The number of aliphatic hydroxyl groups excluding tert-OH is 1. The summed E-state index contributed by atoms with van der Waals surface area (Å²) in [5.74, 6) is 0.503. The minimum Gasteiger partial charge on any atom is -0.497 e. The highest BCUT2D eigenvalue weighted by Crippen LogP contribution is 2.31. The third-order valence-corrected chi connectivity index (χ3v) is 7.18. The highest BCUT2D eigenvalue weighted by molar-refractivity contribution is 7.89. The lowest BCUT2D eigenvalue weighted by molar-refractivity contribution is 0.0405. The normalized spacial score (nSPS) is 13.3. The number of alkyl carbamates (subject to hydrolysis) is 1. The molecule has 2 rings (SSSR count). The van der Waals surface area contributed by atoms with Gasteiger partial charge in [0.1, 0.15) is 28.6 Å². The van der Waals surface area contributed by atoms with Crippen LogP contribution < -0.4 is 14.8 Å². The lowest BCUT2D eigenvalue weighted by Gasteiger charge is -2.30. The second-order valence-electron chi connectivity index (χ2n) is 9.53. The number of carbonyl (C=O) groups is 1. The summed E-state index contributed by atoms with van der Waals surface area (Å²) in [6.07, 6.45) is 1.17. The van der Waals surface area contributed by atoms with E-state index >= 15 is 0 Å². The molecule has 0 radical (unpaired) electrons. The molecule has 2 N–H and O–H groups in total. The molecule has 0 aliphatic heterocycles. The van der Waals surface area contributed by atoms with Crippen LogP contribution in [-0.4, -0.2) is 68.5 Å². The summed E-state index contributed by atoms with van der Waals surface area (Å²) >= 11 is 0. The first-order valence-electron chi connectivity index (χ1n) is 12.2. The number of aliphatic hydroxyl groups is 1. The zero-order valence-corrected chi connectivity index (χ0v) is 23.2. The molecule has 0 heterocycles. The van der Waals surface area contributed by atoms with Gasteiger partial charge in [-0.3, -0.25) is 0 Å². The molecule has 9 nitrogen and oxygen atoms in total. The predicted molar refractivity (Wildman–Crippen MR) is 147 cm³/mol. The average molecular weight is 547 g/mol. The molecule has 0 saturated heterocycles. The molecule has 38 heavy (non-hydrogen) atoms. The number of amides is 1. The van der Waals surface area contributed by atoms with Crippen molar-refractivity contribution in [1.29, 1.82) is 0 Å². The van der Waals surface area contributed by atoms with Gasteiger partial charge in [0.2, 0.25) is 10.0 Å². The fourth-order valence-corrected chi connectivity index (χ4v) is 5.13. The summed E-state index contributed by atoms with van der Waals surface area (Å²) in [6, 6.07) is 12.8. The lowest BCUT2D eigenvalue weighted by atomic mass is 10.0. The van der Waals surface area contributed by atoms with Crippen molar-refractivity contribution in [3.05, 3.63) is 79.4 Å². The van der Waals surface area contributed by atoms with Gasteiger partial charge in [-0.2, -0.15) is 4.31 Å². The second kappa shape index (κ2) is 14.0. The number of hydrogen-bond donors (Lipinski definition) is 2. The van der Waals surface area contributed by atoms with Gasteiger partial charge in [0, 0.05) is 19.2 Å². The van der Waals surface area contributed by atoms with Gasteiger partial charge in [-0.1, -0.05) is 49.1 Å². The Morgan fingerprint density at radius 2 is 1.82 bits per heavy atom. The van der Waals surface area contributed by atoms with Gasteiger partial charge in [0.15, 0.2) is 0 Å². The van der Waals surface area contributed by atoms with E-state index in [4.69, 9.17) is 14.2 Å². The first-order valence-corrected chi connectivity index (χ1v) is 13.6. The predicted octanol–water partition coefficient (Wildman–Crippen LogP) is 3.93. The van der Waals surface area contributed by atoms with Gasteiger partial charge in [-0.05, 0) is 44.9 Å². The Balaban J connectivity index is 2.39. The van der Waals surface area contributed by atoms with Gasteiger partial charge in [0.05, 0.1) is 19.3 Å². The minimum atomic E-state index is -4.16. The average Bonchev–Trinajstić information content (AvgIpc) is 2.86. The largest absolute Gasteiger partial charge is 0.497 e. The van der Waals surface area contributed by atoms with Gasteiger partial charge >= 0.3 is 6.09 Å². The van der Waals surface area contributed by atoms with E-state index in [1.54, 1.807) is 20.8 Å². The van der Waals surface area contributed by atoms with E-state index < -0.39 is 33.9 Å². The summed E-state index contributed by atoms with van der Waals surface area (Å²) in [7, 11) is -2.70. The molecular weight excluding hydrogens is 508 g/mol. The van der Waals surface area contributed by atoms with Crippen LogP contribution in [0.15, 0.2) is 78.7 Å². The van der Waals surface area contributed by atoms with Crippen molar-refractivity contribution >= 4 is 16.1 Å². The highest BCUT2D eigenvalue weighted by Gasteiger charge is 2.33. The van der Waals surface area contributed by atoms with E-state index in [0.717, 1.165) is 9.87 Å². The zero-order valence-electron chi connectivity index (χ0n) is 22.4. The Morgan fingerprint density at radius 1 is 1.13 bits per heavy atom. The number of nitrogens with zero attached hydrogens (tertiary/aromatic N) is 1. The van der Waals surface area contributed by atoms with Crippen molar-refractivity contribution in [1.82, 2.24) is 9.62 Å². The number of methoxy groups -OCH3 is 1. The van der Waals surface area contributed by atoms with Crippen LogP contribution in [-0.2, 0) is 21.2 Å². The summed E-state index contributed by atoms with van der Waals surface area (Å²) in [4.78, 5) is 12.5. The van der Waals surface area contributed by atoms with Crippen molar-refractivity contribution in [2.24, 2.45) is 0 Å². The Bertz CT molecular complexity index is 1180. The molecule has 2 atom stereocenters. The van der Waals surface area contributed by atoms with Crippen LogP contribution in [0.5, 0.6) is 11.5 Å². The maximum atomic E-state index is 13.7. The Hall–Kier alpha value is -3.34. The number of nitrogens with one attached hydrogen (secondary N) is 1. The van der Waals surface area contributed by atoms with E-state index in [-0.39, 0.29) is 36.8 Å². The molecule has 0 unspecified atom stereocenters. The molecule has 0 fully saturated rings. The van der Waals surface area contributed by atoms with Crippen molar-refractivity contribution < 1.29 is 32.5 Å². The molecule has 2 aromatic carbocycles. The van der Waals surface area contributed by atoms with Crippen molar-refractivity contribution in [2.75, 3.05) is 26.8 Å². The summed E-state index contributed by atoms with van der Waals surface area (Å²) in [5, 5.41) is 13.9. The number of hydrogen-bond acceptors (Lipinski definition) is 7. The van der Waals surface area contributed by atoms with Crippen LogP contribution in [0, 0.1) is 0 Å². The van der Waals surface area contributed by atoms with Crippen LogP contribution in [0.25, 0.3) is 0 Å². The van der Waals surface area contributed by atoms with Crippen LogP contribution in [0.1, 0.15) is 26.3 Å². The summed E-state index contributed by atoms with van der Waals surface area (Å²) < 4.78 is 44.8. The van der Waals surface area contributed by atoms with Crippen molar-refractivity contribution in [2.45, 2.75) is 49.8 Å². The van der Waals surface area contributed by atoms with Gasteiger partial charge in [0.25, 0.3) is 0 Å². The second-order valence-corrected chi connectivity index (χ2v) is 11.4. The quantitative estimate of drug-likeness (QED) is 0.345. The third-order valence-electron chi connectivity index (χ3n) is 5.31. The Morgan fingerprint density at radius 3 is 2.39 bits per heavy atom. The van der Waals surface area contributed by atoms with Gasteiger partial charge in [-0.15, -0.1) is 6.58 Å². The molecule has 1 amide bonds. The molecule has 0 aliphatic carbocycles. The fraction of sp³-hybridized carbons (Fsp3) is 0.393. The third kappa shape index (κ3) is 9.20. The molecule has 0 saturated carbocycles. The molecule has 2 aromatic rings. The summed E-state index contributed by atoms with van der Waals surface area (Å²) in [5.41, 5.74) is 0.0989. The van der Waals surface area contributed by atoms with Crippen molar-refractivity contribution in [3.8, 4) is 11.5 Å². The van der Waals surface area contributed by atoms with E-state index in [1.165, 1.54) is 37.5 Å². The van der Waals surface area contributed by atoms with Crippen LogP contribution in [0.4, 0.5) is 4.79 Å². The smallest absolute Gasteiger partial charge is 0.407 e. The topological polar surface area (TPSA) is 114 Å². The van der Waals surface area contributed by atoms with E-state index in [1.807, 2.05) is 30.3 Å². The number of rotatable bonds is 14. The summed E-state index contributed by atoms with van der Waals surface area (Å²) in [6.45, 7) is 12.1. The molecule has 0 aliphatic rings. The fourth-order valence-electron chi connectivity index (χ4n) is 3.59. The molecule has 208 valence electrons. The highest BCUT2D eigenvalue weighted by atomic mass is 32.2. The lowest BCUT2D eigenvalue weighted by Crippen LogP contribution is -2.51. The molecule has 0 aromatic heterocycles. The maximum Gasteiger partial charge on any atom is 0.407 e. The van der Waals surface area contributed by atoms with Crippen LogP contribution >= 0.6 is 0 Å². The molecule has 0 bridgehead atoms. The number of ether oxygens (including phenoxy) is 3. The molecular formula is C28H38N2O7S. The SMILES string of the molecule is C=CCOc1cc(OC)ccc1S(=O)(=O)N(CC=C)C[C@@H](O)[C@H](Cc1ccccc1)NC(=O)OC(C)(C)C. The van der Waals surface area contributed by atoms with Gasteiger partial charge < -0.3 is 24.6 Å². The first kappa shape index (κ1) is 30.9. The Kier molecular flexibility index (Phi) is 11.4. The number of carbonyl (C=O) groups excluding carboxylic acids is 1. The number of sulfonamides is 1. The maximum absolute atomic E-state index is 13.7. The van der Waals surface area contributed by atoms with Crippen LogP contribution in [0.2, 0.25) is 0 Å². The van der Waals surface area contributed by atoms with E-state index in [9.17, 15) is 18.3 Å². The van der Waals surface area contributed by atoms with Crippen molar-refractivity contribution in [3.63, 3.8) is 0 Å². The zero-order chi connectivity index (χ0) is 28.3. The molecule has 0 spiro atoms. The van der Waals surface area contributed by atoms with E-state index in [0.29, 0.717) is 5.75 Å². The Labute approximate surface area is 225 Å². The minimum absolute atomic E-state index is 0.0821. The van der Waals surface area contributed by atoms with Gasteiger partial charge in [-0.25, -0.2) is 13.2 Å². The van der Waals surface area contributed by atoms with E-state index in [2.05, 4.69) is 18.5 Å². The van der Waals surface area contributed by atoms with Crippen LogP contribution in [0.3, 0.4) is 0 Å². The standard InChI is InChI=1S/C28H38N2O7S/c1-7-16-30(38(33,34)26-15-14-22(35-6)19-25(26)36-17-8-2)20-24(31)23(18-21-12-10-9-11-13-21)29-27(32)37-28(3,4)5/h7-15,19,23-24,31H,1-2,16-18,20H2,3-6H3,(H,29,32)/t23-,24+/m0/s1. The monoisotopic (exact) mass is 546 g/mol.